The molecular weight excluding hydrogens is 136 g/mol. The van der Waals surface area contributed by atoms with Gasteiger partial charge in [0.15, 0.2) is 0 Å². The molecule has 3 nitrogen and oxygen atoms in total. The monoisotopic (exact) mass is 142 g/mol. The van der Waals surface area contributed by atoms with Crippen LogP contribution in [-0.2, 0) is 14.3 Å². The van der Waals surface area contributed by atoms with Crippen LogP contribution in [-0.4, -0.2) is 49.7 Å². The second-order valence-corrected chi connectivity index (χ2v) is 1.09. The van der Waals surface area contributed by atoms with Crippen LogP contribution in [0.15, 0.2) is 0 Å². The number of hydrogen-bond acceptors (Lipinski definition) is 3. The summed E-state index contributed by atoms with van der Waals surface area (Å²) in [5.74, 6) is -1.12. The summed E-state index contributed by atoms with van der Waals surface area (Å²) in [6.45, 7) is 2.36. The molecule has 0 rings (SSSR count). The summed E-state index contributed by atoms with van der Waals surface area (Å²) >= 11 is 0. The van der Waals surface area contributed by atoms with Gasteiger partial charge in [0.1, 0.15) is 0 Å². The van der Waals surface area contributed by atoms with Crippen LogP contribution in [0.3, 0.4) is 0 Å². The first kappa shape index (κ1) is 11.2. The summed E-state index contributed by atoms with van der Waals surface area (Å²) in [7, 11) is 0. The van der Waals surface area contributed by atoms with E-state index in [9.17, 15) is 9.59 Å². The van der Waals surface area contributed by atoms with E-state index in [1.165, 1.54) is 13.8 Å². The smallest absolute Gasteiger partial charge is 0.310 e. The SMILES string of the molecule is CC(=O)OC(C)=O.[Ca]. The van der Waals surface area contributed by atoms with Crippen LogP contribution in [0.4, 0.5) is 0 Å². The molecule has 0 atom stereocenters. The van der Waals surface area contributed by atoms with Crippen LogP contribution in [0.2, 0.25) is 0 Å². The Labute approximate surface area is 77.4 Å². The minimum atomic E-state index is -0.562. The van der Waals surface area contributed by atoms with E-state index in [4.69, 9.17) is 0 Å². The van der Waals surface area contributed by atoms with E-state index >= 15 is 0 Å². The van der Waals surface area contributed by atoms with Crippen molar-refractivity contribution in [3.05, 3.63) is 0 Å². The average Bonchev–Trinajstić information content (AvgIpc) is 1.27. The van der Waals surface area contributed by atoms with Crippen molar-refractivity contribution in [1.82, 2.24) is 0 Å². The van der Waals surface area contributed by atoms with Gasteiger partial charge in [0.25, 0.3) is 0 Å². The third-order valence-corrected chi connectivity index (χ3v) is 0.287. The normalized spacial score (nSPS) is 6.75. The van der Waals surface area contributed by atoms with E-state index in [2.05, 4.69) is 4.74 Å². The molecule has 2 radical (unpaired) electrons. The van der Waals surface area contributed by atoms with Crippen LogP contribution < -0.4 is 0 Å². The fourth-order valence-corrected chi connectivity index (χ4v) is 0.202. The minimum Gasteiger partial charge on any atom is -0.394 e. The van der Waals surface area contributed by atoms with E-state index < -0.39 is 11.9 Å². The van der Waals surface area contributed by atoms with E-state index in [1.807, 2.05) is 0 Å². The molecular formula is C4H6CaO3. The van der Waals surface area contributed by atoms with Crippen molar-refractivity contribution < 1.29 is 14.3 Å². The first-order valence-electron chi connectivity index (χ1n) is 1.82. The number of ether oxygens (including phenoxy) is 1. The Morgan fingerprint density at radius 2 is 1.38 bits per heavy atom. The van der Waals surface area contributed by atoms with Gasteiger partial charge in [-0.1, -0.05) is 0 Å². The van der Waals surface area contributed by atoms with Crippen molar-refractivity contribution in [2.45, 2.75) is 13.8 Å². The number of hydrogen-bond donors (Lipinski definition) is 0. The van der Waals surface area contributed by atoms with Gasteiger partial charge in [-0.15, -0.1) is 0 Å². The maximum absolute atomic E-state index is 9.81. The Kier molecular flexibility index (Phi) is 7.77. The standard InChI is InChI=1S/C4H6O3.Ca/c1-3(5)7-4(2)6;/h1-2H3;. The fraction of sp³-hybridized carbons (Fsp3) is 0.500. The molecule has 4 heteroatoms. The van der Waals surface area contributed by atoms with E-state index in [-0.39, 0.29) is 37.7 Å². The average molecular weight is 142 g/mol. The minimum absolute atomic E-state index is 0. The van der Waals surface area contributed by atoms with Gasteiger partial charge < -0.3 is 4.74 Å². The number of esters is 2. The molecule has 0 aliphatic carbocycles. The first-order chi connectivity index (χ1) is 3.13. The Bertz CT molecular complexity index is 87.5. The zero-order valence-corrected chi connectivity index (χ0v) is 7.14. The molecule has 0 unspecified atom stereocenters. The predicted octanol–water partition coefficient (Wildman–Crippen LogP) is -0.285. The summed E-state index contributed by atoms with van der Waals surface area (Å²) in [4.78, 5) is 19.6. The molecule has 0 bridgehead atoms. The van der Waals surface area contributed by atoms with Crippen molar-refractivity contribution >= 4 is 49.7 Å². The molecule has 0 aromatic rings. The molecule has 0 heterocycles. The third kappa shape index (κ3) is 9.64. The summed E-state index contributed by atoms with van der Waals surface area (Å²) < 4.78 is 3.97. The van der Waals surface area contributed by atoms with Crippen molar-refractivity contribution in [2.24, 2.45) is 0 Å². The second kappa shape index (κ2) is 5.53. The zero-order chi connectivity index (χ0) is 5.86. The first-order valence-corrected chi connectivity index (χ1v) is 1.82. The maximum atomic E-state index is 9.81. The van der Waals surface area contributed by atoms with Gasteiger partial charge in [0.2, 0.25) is 0 Å². The van der Waals surface area contributed by atoms with Crippen molar-refractivity contribution in [1.29, 1.82) is 0 Å². The van der Waals surface area contributed by atoms with Gasteiger partial charge in [0.05, 0.1) is 0 Å². The molecule has 8 heavy (non-hydrogen) atoms. The quantitative estimate of drug-likeness (QED) is 0.265. The Hall–Kier alpha value is 0.400. The molecule has 0 aromatic carbocycles. The van der Waals surface area contributed by atoms with Crippen LogP contribution in [0.5, 0.6) is 0 Å². The topological polar surface area (TPSA) is 43.4 Å². The third-order valence-electron chi connectivity index (χ3n) is 0.287. The molecule has 0 N–H and O–H groups in total. The summed E-state index contributed by atoms with van der Waals surface area (Å²) in [6, 6.07) is 0. The molecule has 0 fully saturated rings. The number of carbonyl (C=O) groups excluding carboxylic acids is 2. The van der Waals surface area contributed by atoms with Crippen LogP contribution in [0.1, 0.15) is 13.8 Å². The Morgan fingerprint density at radius 1 is 1.12 bits per heavy atom. The molecule has 42 valence electrons. The second-order valence-electron chi connectivity index (χ2n) is 1.09. The van der Waals surface area contributed by atoms with Gasteiger partial charge in [-0.3, -0.25) is 9.59 Å². The van der Waals surface area contributed by atoms with Gasteiger partial charge in [-0.2, -0.15) is 0 Å². The van der Waals surface area contributed by atoms with Crippen molar-refractivity contribution in [2.75, 3.05) is 0 Å². The maximum Gasteiger partial charge on any atom is 0.310 e. The van der Waals surface area contributed by atoms with Gasteiger partial charge in [-0.25, -0.2) is 0 Å². The van der Waals surface area contributed by atoms with Crippen LogP contribution in [0, 0.1) is 0 Å². The summed E-state index contributed by atoms with van der Waals surface area (Å²) in [5.41, 5.74) is 0. The van der Waals surface area contributed by atoms with Gasteiger partial charge in [-0.05, 0) is 0 Å². The fourth-order valence-electron chi connectivity index (χ4n) is 0.202. The van der Waals surface area contributed by atoms with Crippen LogP contribution >= 0.6 is 0 Å². The van der Waals surface area contributed by atoms with Crippen molar-refractivity contribution in [3.63, 3.8) is 0 Å². The van der Waals surface area contributed by atoms with E-state index in [0.29, 0.717) is 0 Å². The molecule has 0 spiro atoms. The molecule has 0 aliphatic heterocycles. The molecule has 0 saturated heterocycles. The van der Waals surface area contributed by atoms with Crippen LogP contribution in [0.25, 0.3) is 0 Å². The summed E-state index contributed by atoms with van der Waals surface area (Å²) in [5, 5.41) is 0. The molecule has 0 amide bonds. The molecule has 0 saturated carbocycles. The Balaban J connectivity index is 0. The molecule has 0 aromatic heterocycles. The molecule has 0 aliphatic rings. The van der Waals surface area contributed by atoms with Gasteiger partial charge >= 0.3 is 11.9 Å². The van der Waals surface area contributed by atoms with Gasteiger partial charge in [0, 0.05) is 51.6 Å². The van der Waals surface area contributed by atoms with E-state index in [1.54, 1.807) is 0 Å². The zero-order valence-electron chi connectivity index (χ0n) is 4.93. The van der Waals surface area contributed by atoms with E-state index in [0.717, 1.165) is 0 Å². The van der Waals surface area contributed by atoms with Crippen molar-refractivity contribution in [3.8, 4) is 0 Å². The number of rotatable bonds is 0. The predicted molar refractivity (Wildman–Crippen MR) is 28.2 cm³/mol. The Morgan fingerprint density at radius 3 is 1.38 bits per heavy atom. The largest absolute Gasteiger partial charge is 0.394 e. The summed E-state index contributed by atoms with van der Waals surface area (Å²) in [6.07, 6.45) is 0. The number of carbonyl (C=O) groups is 2.